The second-order valence-electron chi connectivity index (χ2n) is 6.10. The van der Waals surface area contributed by atoms with E-state index in [1.54, 1.807) is 7.11 Å². The number of hydrogen-bond donors (Lipinski definition) is 2. The fraction of sp³-hybridized carbons (Fsp3) is 0.471. The van der Waals surface area contributed by atoms with Gasteiger partial charge in [-0.05, 0) is 37.1 Å². The summed E-state index contributed by atoms with van der Waals surface area (Å²) in [5, 5.41) is 10.5. The maximum atomic E-state index is 12.5. The maximum absolute atomic E-state index is 12.5. The number of hydrogen-bond acceptors (Lipinski definition) is 5. The van der Waals surface area contributed by atoms with E-state index in [9.17, 15) is 4.79 Å². The second-order valence-corrected chi connectivity index (χ2v) is 6.54. The Hall–Kier alpha value is -1.96. The third-order valence-electron chi connectivity index (χ3n) is 4.25. The van der Waals surface area contributed by atoms with Crippen LogP contribution in [0, 0.1) is 0 Å². The molecule has 1 atom stereocenters. The molecule has 1 aliphatic rings. The minimum Gasteiger partial charge on any atom is -0.377 e. The highest BCUT2D eigenvalue weighted by Gasteiger charge is 2.30. The largest absolute Gasteiger partial charge is 0.377 e. The Bertz CT molecular complexity index is 703. The Morgan fingerprint density at radius 2 is 2.24 bits per heavy atom. The van der Waals surface area contributed by atoms with Crippen molar-refractivity contribution in [3.05, 3.63) is 46.5 Å². The normalized spacial score (nSPS) is 17.8. The van der Waals surface area contributed by atoms with Crippen molar-refractivity contribution < 1.29 is 9.53 Å². The van der Waals surface area contributed by atoms with Crippen molar-refractivity contribution in [2.75, 3.05) is 13.7 Å². The van der Waals surface area contributed by atoms with Crippen molar-refractivity contribution in [2.24, 2.45) is 0 Å². The number of carbonyl (C=O) groups excluding carboxylic acids is 1. The first kappa shape index (κ1) is 17.8. The van der Waals surface area contributed by atoms with E-state index in [-0.39, 0.29) is 11.9 Å². The van der Waals surface area contributed by atoms with Gasteiger partial charge in [-0.3, -0.25) is 14.8 Å². The number of ether oxygens (including phenoxy) is 1. The van der Waals surface area contributed by atoms with E-state index >= 15 is 0 Å². The van der Waals surface area contributed by atoms with Crippen LogP contribution >= 0.6 is 11.6 Å². The molecule has 1 aromatic heterocycles. The molecule has 1 unspecified atom stereocenters. The topological polar surface area (TPSA) is 83.1 Å². The van der Waals surface area contributed by atoms with Crippen LogP contribution in [0.4, 0.5) is 0 Å². The highest BCUT2D eigenvalue weighted by Crippen LogP contribution is 2.21. The van der Waals surface area contributed by atoms with Gasteiger partial charge in [0.15, 0.2) is 5.82 Å². The van der Waals surface area contributed by atoms with E-state index in [1.807, 2.05) is 24.3 Å². The van der Waals surface area contributed by atoms with Crippen molar-refractivity contribution in [1.82, 2.24) is 25.4 Å². The first-order valence-electron chi connectivity index (χ1n) is 8.31. The Morgan fingerprint density at radius 3 is 3.00 bits per heavy atom. The number of benzene rings is 1. The zero-order valence-electron chi connectivity index (χ0n) is 14.2. The molecular weight excluding hydrogens is 342 g/mol. The summed E-state index contributed by atoms with van der Waals surface area (Å²) < 4.78 is 4.98. The van der Waals surface area contributed by atoms with Crippen molar-refractivity contribution in [3.8, 4) is 0 Å². The van der Waals surface area contributed by atoms with Crippen molar-refractivity contribution in [1.29, 1.82) is 0 Å². The van der Waals surface area contributed by atoms with Gasteiger partial charge in [0.25, 0.3) is 0 Å². The lowest BCUT2D eigenvalue weighted by atomic mass is 10.1. The van der Waals surface area contributed by atoms with Crippen LogP contribution < -0.4 is 5.32 Å². The van der Waals surface area contributed by atoms with E-state index < -0.39 is 0 Å². The number of rotatable bonds is 7. The van der Waals surface area contributed by atoms with Crippen LogP contribution in [-0.4, -0.2) is 45.7 Å². The van der Waals surface area contributed by atoms with E-state index in [0.29, 0.717) is 24.8 Å². The number of nitrogens with zero attached hydrogens (tertiary/aromatic N) is 3. The number of aromatic amines is 1. The molecule has 8 heteroatoms. The highest BCUT2D eigenvalue weighted by molar-refractivity contribution is 6.30. The lowest BCUT2D eigenvalue weighted by Gasteiger charge is -2.23. The average molecular weight is 364 g/mol. The molecule has 25 heavy (non-hydrogen) atoms. The fourth-order valence-corrected chi connectivity index (χ4v) is 3.16. The average Bonchev–Trinajstić information content (AvgIpc) is 3.25. The maximum Gasteiger partial charge on any atom is 0.237 e. The standard InChI is InChI=1S/C17H22ClN5O2/c1-25-11-16-20-15(21-22-16)9-19-17(24)14-3-2-8-23(14)10-12-4-6-13(18)7-5-12/h4-7,14H,2-3,8-11H2,1H3,(H,19,24)(H,20,21,22). The third kappa shape index (κ3) is 4.78. The van der Waals surface area contributed by atoms with Crippen LogP contribution in [0.5, 0.6) is 0 Å². The number of amides is 1. The molecule has 134 valence electrons. The van der Waals surface area contributed by atoms with Gasteiger partial charge in [-0.15, -0.1) is 0 Å². The lowest BCUT2D eigenvalue weighted by molar-refractivity contribution is -0.125. The van der Waals surface area contributed by atoms with Crippen LogP contribution in [0.1, 0.15) is 30.1 Å². The van der Waals surface area contributed by atoms with Crippen LogP contribution in [0.2, 0.25) is 5.02 Å². The molecule has 1 aromatic carbocycles. The minimum atomic E-state index is -0.114. The third-order valence-corrected chi connectivity index (χ3v) is 4.50. The predicted molar refractivity (Wildman–Crippen MR) is 93.8 cm³/mol. The molecule has 2 heterocycles. The molecule has 3 rings (SSSR count). The summed E-state index contributed by atoms with van der Waals surface area (Å²) in [4.78, 5) is 19.0. The number of methoxy groups -OCH3 is 1. The first-order chi connectivity index (χ1) is 12.2. The zero-order chi connectivity index (χ0) is 17.6. The lowest BCUT2D eigenvalue weighted by Crippen LogP contribution is -2.42. The monoisotopic (exact) mass is 363 g/mol. The highest BCUT2D eigenvalue weighted by atomic mass is 35.5. The smallest absolute Gasteiger partial charge is 0.237 e. The molecular formula is C17H22ClN5O2. The van der Waals surface area contributed by atoms with Gasteiger partial charge in [-0.2, -0.15) is 5.10 Å². The SMILES string of the molecule is COCc1n[nH]c(CNC(=O)C2CCCN2Cc2ccc(Cl)cc2)n1. The molecule has 7 nitrogen and oxygen atoms in total. The van der Waals surface area contributed by atoms with E-state index in [1.165, 1.54) is 0 Å². The first-order valence-corrected chi connectivity index (χ1v) is 8.69. The molecule has 0 spiro atoms. The van der Waals surface area contributed by atoms with Gasteiger partial charge in [-0.25, -0.2) is 4.98 Å². The molecule has 0 radical (unpaired) electrons. The van der Waals surface area contributed by atoms with Gasteiger partial charge in [0.2, 0.25) is 5.91 Å². The molecule has 2 aromatic rings. The zero-order valence-corrected chi connectivity index (χ0v) is 14.9. The Kier molecular flexibility index (Phi) is 6.01. The fourth-order valence-electron chi connectivity index (χ4n) is 3.03. The quantitative estimate of drug-likeness (QED) is 0.784. The van der Waals surface area contributed by atoms with Gasteiger partial charge in [0, 0.05) is 18.7 Å². The number of aromatic nitrogens is 3. The van der Waals surface area contributed by atoms with Gasteiger partial charge >= 0.3 is 0 Å². The molecule has 0 saturated carbocycles. The van der Waals surface area contributed by atoms with Crippen LogP contribution in [-0.2, 0) is 29.2 Å². The van der Waals surface area contributed by atoms with Gasteiger partial charge in [-0.1, -0.05) is 23.7 Å². The van der Waals surface area contributed by atoms with E-state index in [0.717, 1.165) is 36.5 Å². The molecule has 0 aliphatic carbocycles. The number of likely N-dealkylation sites (tertiary alicyclic amines) is 1. The number of halogens is 1. The number of H-pyrrole nitrogens is 1. The Balaban J connectivity index is 1.53. The van der Waals surface area contributed by atoms with E-state index in [4.69, 9.17) is 16.3 Å². The van der Waals surface area contributed by atoms with Crippen LogP contribution in [0.15, 0.2) is 24.3 Å². The number of carbonyl (C=O) groups is 1. The molecule has 1 fully saturated rings. The molecule has 1 aliphatic heterocycles. The molecule has 1 amide bonds. The Morgan fingerprint density at radius 1 is 1.44 bits per heavy atom. The summed E-state index contributed by atoms with van der Waals surface area (Å²) in [6, 6.07) is 7.65. The molecule has 1 saturated heterocycles. The van der Waals surface area contributed by atoms with Gasteiger partial charge in [0.05, 0.1) is 12.6 Å². The summed E-state index contributed by atoms with van der Waals surface area (Å²) in [5.74, 6) is 1.23. The summed E-state index contributed by atoms with van der Waals surface area (Å²) in [6.45, 7) is 2.35. The minimum absolute atomic E-state index is 0.0242. The summed E-state index contributed by atoms with van der Waals surface area (Å²) in [6.07, 6.45) is 1.89. The van der Waals surface area contributed by atoms with Crippen molar-refractivity contribution in [2.45, 2.75) is 38.6 Å². The van der Waals surface area contributed by atoms with Gasteiger partial charge < -0.3 is 10.1 Å². The Labute approximate surface area is 151 Å². The number of nitrogens with one attached hydrogen (secondary N) is 2. The summed E-state index contributed by atoms with van der Waals surface area (Å²) in [5.41, 5.74) is 1.16. The van der Waals surface area contributed by atoms with Crippen molar-refractivity contribution >= 4 is 17.5 Å². The second kappa shape index (κ2) is 8.42. The summed E-state index contributed by atoms with van der Waals surface area (Å²) >= 11 is 5.93. The van der Waals surface area contributed by atoms with Gasteiger partial charge in [0.1, 0.15) is 12.4 Å². The van der Waals surface area contributed by atoms with E-state index in [2.05, 4.69) is 25.4 Å². The predicted octanol–water partition coefficient (Wildman–Crippen LogP) is 1.89. The van der Waals surface area contributed by atoms with Crippen LogP contribution in [0.3, 0.4) is 0 Å². The van der Waals surface area contributed by atoms with Crippen LogP contribution in [0.25, 0.3) is 0 Å². The van der Waals surface area contributed by atoms with Crippen molar-refractivity contribution in [3.63, 3.8) is 0 Å². The molecule has 2 N–H and O–H groups in total. The summed E-state index contributed by atoms with van der Waals surface area (Å²) in [7, 11) is 1.59. The molecule has 0 bridgehead atoms.